The number of methoxy groups -OCH3 is 2. The number of nitrogens with zero attached hydrogens (tertiary/aromatic N) is 3. The fourth-order valence-corrected chi connectivity index (χ4v) is 4.91. The van der Waals surface area contributed by atoms with Crippen LogP contribution in [-0.2, 0) is 11.3 Å². The molecule has 0 saturated carbocycles. The summed E-state index contributed by atoms with van der Waals surface area (Å²) in [6.45, 7) is 5.16. The Kier molecular flexibility index (Phi) is 8.91. The smallest absolute Gasteiger partial charge is 0.342 e. The highest BCUT2D eigenvalue weighted by Gasteiger charge is 2.20. The Hall–Kier alpha value is -3.98. The van der Waals surface area contributed by atoms with Crippen molar-refractivity contribution < 1.29 is 24.1 Å². The van der Waals surface area contributed by atoms with E-state index in [1.165, 1.54) is 0 Å². The fourth-order valence-electron chi connectivity index (χ4n) is 4.04. The Morgan fingerprint density at radius 3 is 2.42 bits per heavy atom. The van der Waals surface area contributed by atoms with Crippen molar-refractivity contribution in [3.8, 4) is 28.6 Å². The minimum absolute atomic E-state index is 0.110. The molecular formula is C29H31N3O5S. The lowest BCUT2D eigenvalue weighted by Crippen LogP contribution is -2.04. The van der Waals surface area contributed by atoms with Gasteiger partial charge in [0.2, 0.25) is 0 Å². The molecule has 0 fully saturated rings. The molecule has 38 heavy (non-hydrogen) atoms. The highest BCUT2D eigenvalue weighted by atomic mass is 32.2. The van der Waals surface area contributed by atoms with Crippen LogP contribution in [0.25, 0.3) is 28.2 Å². The van der Waals surface area contributed by atoms with E-state index >= 15 is 0 Å². The quantitative estimate of drug-likeness (QED) is 0.125. The molecular weight excluding hydrogens is 502 g/mol. The summed E-state index contributed by atoms with van der Waals surface area (Å²) < 4.78 is 18.7. The van der Waals surface area contributed by atoms with Crippen molar-refractivity contribution in [3.05, 3.63) is 65.1 Å². The molecule has 0 radical (unpaired) electrons. The number of hydrogen-bond donors (Lipinski definition) is 1. The Bertz CT molecular complexity index is 1440. The van der Waals surface area contributed by atoms with Crippen LogP contribution in [0.4, 0.5) is 0 Å². The lowest BCUT2D eigenvalue weighted by atomic mass is 10.0. The maximum absolute atomic E-state index is 12.4. The van der Waals surface area contributed by atoms with Gasteiger partial charge in [-0.2, -0.15) is 0 Å². The molecule has 0 aliphatic carbocycles. The first-order chi connectivity index (χ1) is 18.5. The molecule has 0 aliphatic heterocycles. The van der Waals surface area contributed by atoms with Crippen LogP contribution in [0.1, 0.15) is 32.3 Å². The van der Waals surface area contributed by atoms with E-state index in [4.69, 9.17) is 14.2 Å². The van der Waals surface area contributed by atoms with Crippen molar-refractivity contribution >= 4 is 34.6 Å². The number of carboxylic acids is 1. The van der Waals surface area contributed by atoms with Gasteiger partial charge < -0.3 is 23.9 Å². The van der Waals surface area contributed by atoms with Gasteiger partial charge in [-0.05, 0) is 60.2 Å². The van der Waals surface area contributed by atoms with Gasteiger partial charge in [-0.25, -0.2) is 4.79 Å². The first-order valence-electron chi connectivity index (χ1n) is 12.4. The van der Waals surface area contributed by atoms with Gasteiger partial charge >= 0.3 is 5.97 Å². The molecule has 0 amide bonds. The normalized spacial score (nSPS) is 11.5. The summed E-state index contributed by atoms with van der Waals surface area (Å²) >= 11 is 1.06. The summed E-state index contributed by atoms with van der Waals surface area (Å²) in [6, 6.07) is 17.2. The van der Waals surface area contributed by atoms with E-state index in [9.17, 15) is 9.90 Å². The first kappa shape index (κ1) is 27.1. The number of rotatable bonds is 12. The number of carbonyl (C=O) groups is 1. The maximum Gasteiger partial charge on any atom is 0.342 e. The summed E-state index contributed by atoms with van der Waals surface area (Å²) in [5.74, 6) is 1.43. The summed E-state index contributed by atoms with van der Waals surface area (Å²) in [6.07, 6.45) is 3.58. The van der Waals surface area contributed by atoms with Gasteiger partial charge in [-0.1, -0.05) is 43.7 Å². The Labute approximate surface area is 226 Å². The van der Waals surface area contributed by atoms with E-state index in [1.54, 1.807) is 26.4 Å². The molecule has 4 aromatic rings. The van der Waals surface area contributed by atoms with Gasteiger partial charge in [0.1, 0.15) is 22.2 Å². The number of thioether (sulfide) groups is 1. The summed E-state index contributed by atoms with van der Waals surface area (Å²) in [5.41, 5.74) is 1.48. The number of hydrogen-bond acceptors (Lipinski definition) is 7. The molecule has 9 heteroatoms. The zero-order valence-electron chi connectivity index (χ0n) is 21.9. The maximum atomic E-state index is 12.4. The predicted octanol–water partition coefficient (Wildman–Crippen LogP) is 6.53. The van der Waals surface area contributed by atoms with Crippen LogP contribution >= 0.6 is 11.8 Å². The number of ether oxygens (including phenoxy) is 3. The van der Waals surface area contributed by atoms with E-state index < -0.39 is 5.97 Å². The monoisotopic (exact) mass is 533 g/mol. The lowest BCUT2D eigenvalue weighted by Gasteiger charge is -2.13. The van der Waals surface area contributed by atoms with Crippen LogP contribution in [-0.4, -0.2) is 46.7 Å². The zero-order valence-corrected chi connectivity index (χ0v) is 22.7. The fraction of sp³-hybridized carbons (Fsp3) is 0.276. The number of carboxylic acid groups (broad SMARTS) is 1. The molecule has 3 aromatic carbocycles. The van der Waals surface area contributed by atoms with Crippen LogP contribution in [0.15, 0.2) is 64.7 Å². The van der Waals surface area contributed by atoms with Crippen molar-refractivity contribution in [2.24, 2.45) is 0 Å². The molecule has 0 unspecified atom stereocenters. The second-order valence-corrected chi connectivity index (χ2v) is 9.48. The summed E-state index contributed by atoms with van der Waals surface area (Å²) in [7, 11) is 3.17. The van der Waals surface area contributed by atoms with Gasteiger partial charge in [0.05, 0.1) is 20.8 Å². The van der Waals surface area contributed by atoms with E-state index in [-0.39, 0.29) is 4.91 Å². The lowest BCUT2D eigenvalue weighted by molar-refractivity contribution is -0.131. The van der Waals surface area contributed by atoms with Gasteiger partial charge in [0.15, 0.2) is 11.0 Å². The molecule has 0 spiro atoms. The second-order valence-electron chi connectivity index (χ2n) is 8.47. The molecule has 0 bridgehead atoms. The van der Waals surface area contributed by atoms with Crippen LogP contribution in [0.3, 0.4) is 0 Å². The van der Waals surface area contributed by atoms with Gasteiger partial charge in [-0.15, -0.1) is 10.2 Å². The minimum Gasteiger partial charge on any atom is -0.497 e. The van der Waals surface area contributed by atoms with Gasteiger partial charge in [-0.3, -0.25) is 0 Å². The molecule has 198 valence electrons. The number of fused-ring (bicyclic) bond motifs is 1. The highest BCUT2D eigenvalue weighted by molar-refractivity contribution is 8.04. The number of aliphatic carboxylic acids is 1. The Morgan fingerprint density at radius 1 is 1.03 bits per heavy atom. The molecule has 1 N–H and O–H groups in total. The average molecular weight is 534 g/mol. The number of benzene rings is 3. The molecule has 1 aromatic heterocycles. The zero-order chi connectivity index (χ0) is 27.1. The number of unbranched alkanes of at least 4 members (excludes halogenated alkanes) is 1. The topological polar surface area (TPSA) is 95.7 Å². The predicted molar refractivity (Wildman–Crippen MR) is 150 cm³/mol. The van der Waals surface area contributed by atoms with Crippen molar-refractivity contribution in [2.75, 3.05) is 20.8 Å². The summed E-state index contributed by atoms with van der Waals surface area (Å²) in [4.78, 5) is 12.5. The van der Waals surface area contributed by atoms with E-state index in [1.807, 2.05) is 60.0 Å². The highest BCUT2D eigenvalue weighted by Crippen LogP contribution is 2.36. The van der Waals surface area contributed by atoms with E-state index in [0.717, 1.165) is 46.5 Å². The molecule has 8 nitrogen and oxygen atoms in total. The largest absolute Gasteiger partial charge is 0.497 e. The van der Waals surface area contributed by atoms with Crippen LogP contribution in [0.2, 0.25) is 0 Å². The van der Waals surface area contributed by atoms with Crippen LogP contribution < -0.4 is 14.2 Å². The molecule has 0 atom stereocenters. The third-order valence-electron chi connectivity index (χ3n) is 6.02. The third-order valence-corrected chi connectivity index (χ3v) is 7.01. The second kappa shape index (κ2) is 12.5. The van der Waals surface area contributed by atoms with Crippen molar-refractivity contribution in [1.29, 1.82) is 0 Å². The Balaban J connectivity index is 1.77. The first-order valence-corrected chi connectivity index (χ1v) is 13.2. The van der Waals surface area contributed by atoms with Crippen molar-refractivity contribution in [2.45, 2.75) is 38.4 Å². The molecule has 1 heterocycles. The van der Waals surface area contributed by atoms with Gasteiger partial charge in [0, 0.05) is 23.7 Å². The van der Waals surface area contributed by atoms with Crippen LogP contribution in [0, 0.1) is 0 Å². The standard InChI is InChI=1S/C29H31N3O5S/c1-5-7-14-37-25-13-12-19-10-8-9-11-23(19)24(25)18-26(28(33)34)38-29-31-30-27(32(29)6-2)20-15-21(35-3)17-22(16-20)36-4/h8-13,15-18H,5-7,14H2,1-4H3,(H,33,34)/b26-18-. The third kappa shape index (κ3) is 5.94. The van der Waals surface area contributed by atoms with E-state index in [2.05, 4.69) is 17.1 Å². The van der Waals surface area contributed by atoms with Crippen LogP contribution in [0.5, 0.6) is 17.2 Å². The van der Waals surface area contributed by atoms with Crippen molar-refractivity contribution in [3.63, 3.8) is 0 Å². The Morgan fingerprint density at radius 2 is 1.76 bits per heavy atom. The van der Waals surface area contributed by atoms with Gasteiger partial charge in [0.25, 0.3) is 0 Å². The average Bonchev–Trinajstić information content (AvgIpc) is 3.35. The molecule has 0 aliphatic rings. The summed E-state index contributed by atoms with van der Waals surface area (Å²) in [5, 5.41) is 21.3. The van der Waals surface area contributed by atoms with E-state index in [0.29, 0.717) is 41.4 Å². The minimum atomic E-state index is -1.06. The SMILES string of the molecule is CCCCOc1ccc2ccccc2c1/C=C(\Sc1nnc(-c2cc(OC)cc(OC)c2)n1CC)C(=O)O. The number of aromatic nitrogens is 3. The molecule has 0 saturated heterocycles. The van der Waals surface area contributed by atoms with Crippen molar-refractivity contribution in [1.82, 2.24) is 14.8 Å². The molecule has 4 rings (SSSR count).